The van der Waals surface area contributed by atoms with Crippen LogP contribution in [0.1, 0.15) is 49.9 Å². The molecule has 1 heterocycles. The quantitative estimate of drug-likeness (QED) is 0.169. The summed E-state index contributed by atoms with van der Waals surface area (Å²) in [5.74, 6) is 0. The first-order chi connectivity index (χ1) is 29.3. The molecule has 0 saturated heterocycles. The zero-order chi connectivity index (χ0) is 40.3. The monoisotopic (exact) mass is 768 g/mol. The van der Waals surface area contributed by atoms with Gasteiger partial charge in [0, 0.05) is 44.2 Å². The fraction of sp³-hybridized carbons (Fsp3) is 0.103. The van der Waals surface area contributed by atoms with Crippen LogP contribution in [0.4, 0.5) is 17.1 Å². The van der Waals surface area contributed by atoms with Crippen LogP contribution in [0.2, 0.25) is 0 Å². The molecule has 0 radical (unpaired) electrons. The van der Waals surface area contributed by atoms with Crippen LogP contribution in [0.5, 0.6) is 0 Å². The zero-order valence-corrected chi connectivity index (χ0v) is 34.4. The highest BCUT2D eigenvalue weighted by Gasteiger charge is 2.39. The first-order valence-electron chi connectivity index (χ1n) is 21.2. The minimum Gasteiger partial charge on any atom is -0.310 e. The number of rotatable bonds is 5. The molecule has 2 nitrogen and oxygen atoms in total. The van der Waals surface area contributed by atoms with E-state index in [1.807, 2.05) is 0 Å². The molecule has 0 bridgehead atoms. The predicted octanol–water partition coefficient (Wildman–Crippen LogP) is 15.7. The summed E-state index contributed by atoms with van der Waals surface area (Å²) < 4.78 is 2.47. The standard InChI is InChI=1S/C58H44N2/c1-57(2)50-26-12-8-23-48(50)56-51(57)27-16-30-55(56)59(39-31-32-45-44-20-7-11-25-49(44)58(3,4)52(45)36-39)40-33-38(43-24-15-18-37-17-5-6-19-42(37)43)34-41(35-40)60-53-28-13-9-21-46(53)47-22-10-14-29-54(47)60/h5-36H,1-4H3. The van der Waals surface area contributed by atoms with Crippen LogP contribution >= 0.6 is 0 Å². The SMILES string of the molecule is CC1(C)c2ccccc2-c2ccc(N(c3cc(-c4cccc5ccccc45)cc(-n4c5ccccc5c5ccccc54)c3)c3cccc4c3-c3ccccc3C4(C)C)cc21. The highest BCUT2D eigenvalue weighted by molar-refractivity contribution is 6.10. The van der Waals surface area contributed by atoms with Gasteiger partial charge < -0.3 is 9.47 Å². The summed E-state index contributed by atoms with van der Waals surface area (Å²) in [5, 5.41) is 4.98. The summed E-state index contributed by atoms with van der Waals surface area (Å²) >= 11 is 0. The second-order valence-corrected chi connectivity index (χ2v) is 17.7. The molecule has 12 rings (SSSR count). The Morgan fingerprint density at radius 1 is 0.383 bits per heavy atom. The molecule has 10 aromatic rings. The van der Waals surface area contributed by atoms with Crippen LogP contribution in [0, 0.1) is 0 Å². The molecule has 60 heavy (non-hydrogen) atoms. The van der Waals surface area contributed by atoms with E-state index in [-0.39, 0.29) is 10.8 Å². The summed E-state index contributed by atoms with van der Waals surface area (Å²) in [5.41, 5.74) is 19.8. The Hall–Kier alpha value is -7.16. The van der Waals surface area contributed by atoms with Crippen molar-refractivity contribution >= 4 is 49.6 Å². The van der Waals surface area contributed by atoms with E-state index in [4.69, 9.17) is 0 Å². The highest BCUT2D eigenvalue weighted by Crippen LogP contribution is 2.56. The topological polar surface area (TPSA) is 8.17 Å². The minimum absolute atomic E-state index is 0.145. The Kier molecular flexibility index (Phi) is 7.36. The van der Waals surface area contributed by atoms with Gasteiger partial charge >= 0.3 is 0 Å². The number of benzene rings is 9. The van der Waals surface area contributed by atoms with Gasteiger partial charge in [-0.2, -0.15) is 0 Å². The third kappa shape index (κ3) is 4.88. The third-order valence-electron chi connectivity index (χ3n) is 13.8. The summed E-state index contributed by atoms with van der Waals surface area (Å²) in [6.45, 7) is 9.52. The smallest absolute Gasteiger partial charge is 0.0543 e. The Morgan fingerprint density at radius 3 is 1.70 bits per heavy atom. The molecule has 0 aliphatic heterocycles. The lowest BCUT2D eigenvalue weighted by Gasteiger charge is -2.31. The fourth-order valence-corrected chi connectivity index (χ4v) is 10.9. The Bertz CT molecular complexity index is 3340. The maximum absolute atomic E-state index is 2.56. The van der Waals surface area contributed by atoms with Crippen molar-refractivity contribution in [2.24, 2.45) is 0 Å². The van der Waals surface area contributed by atoms with E-state index in [2.05, 4.69) is 231 Å². The molecule has 2 aliphatic carbocycles. The largest absolute Gasteiger partial charge is 0.310 e. The van der Waals surface area contributed by atoms with Gasteiger partial charge in [-0.25, -0.2) is 0 Å². The molecule has 0 unspecified atom stereocenters. The molecule has 9 aromatic carbocycles. The van der Waals surface area contributed by atoms with E-state index in [9.17, 15) is 0 Å². The zero-order valence-electron chi connectivity index (χ0n) is 34.4. The van der Waals surface area contributed by atoms with Crippen LogP contribution in [-0.2, 0) is 10.8 Å². The number of nitrogens with zero attached hydrogens (tertiary/aromatic N) is 2. The number of hydrogen-bond acceptors (Lipinski definition) is 1. The van der Waals surface area contributed by atoms with Crippen LogP contribution in [0.15, 0.2) is 194 Å². The van der Waals surface area contributed by atoms with Gasteiger partial charge in [0.15, 0.2) is 0 Å². The average Bonchev–Trinajstić information content (AvgIpc) is 3.83. The average molecular weight is 769 g/mol. The maximum Gasteiger partial charge on any atom is 0.0543 e. The van der Waals surface area contributed by atoms with Crippen LogP contribution in [-0.4, -0.2) is 4.57 Å². The van der Waals surface area contributed by atoms with E-state index in [0.29, 0.717) is 0 Å². The van der Waals surface area contributed by atoms with E-state index in [0.717, 1.165) is 17.1 Å². The molecule has 0 saturated carbocycles. The number of fused-ring (bicyclic) bond motifs is 10. The van der Waals surface area contributed by atoms with Crippen molar-refractivity contribution in [2.75, 3.05) is 4.90 Å². The van der Waals surface area contributed by atoms with Gasteiger partial charge in [0.25, 0.3) is 0 Å². The lowest BCUT2D eigenvalue weighted by Crippen LogP contribution is -2.18. The summed E-state index contributed by atoms with van der Waals surface area (Å²) in [4.78, 5) is 2.56. The van der Waals surface area contributed by atoms with Crippen molar-refractivity contribution in [3.63, 3.8) is 0 Å². The summed E-state index contributed by atoms with van der Waals surface area (Å²) in [6.07, 6.45) is 0. The molecule has 2 aliphatic rings. The van der Waals surface area contributed by atoms with Gasteiger partial charge in [-0.05, 0) is 109 Å². The Morgan fingerprint density at radius 2 is 0.933 bits per heavy atom. The molecular weight excluding hydrogens is 725 g/mol. The molecular formula is C58H44N2. The van der Waals surface area contributed by atoms with Crippen molar-refractivity contribution in [2.45, 2.75) is 38.5 Å². The second-order valence-electron chi connectivity index (χ2n) is 17.7. The molecule has 0 amide bonds. The second kappa shape index (κ2) is 12.7. The molecule has 0 N–H and O–H groups in total. The highest BCUT2D eigenvalue weighted by atomic mass is 15.1. The molecule has 286 valence electrons. The van der Waals surface area contributed by atoms with E-state index in [1.54, 1.807) is 0 Å². The van der Waals surface area contributed by atoms with Crippen LogP contribution in [0.25, 0.3) is 71.6 Å². The third-order valence-corrected chi connectivity index (χ3v) is 13.8. The number of aromatic nitrogens is 1. The lowest BCUT2D eigenvalue weighted by atomic mass is 9.82. The van der Waals surface area contributed by atoms with Gasteiger partial charge in [-0.15, -0.1) is 0 Å². The predicted molar refractivity (Wildman–Crippen MR) is 254 cm³/mol. The summed E-state index contributed by atoms with van der Waals surface area (Å²) in [6, 6.07) is 72.5. The van der Waals surface area contributed by atoms with Crippen LogP contribution in [0.3, 0.4) is 0 Å². The van der Waals surface area contributed by atoms with Crippen molar-refractivity contribution < 1.29 is 0 Å². The maximum atomic E-state index is 2.56. The molecule has 0 fully saturated rings. The molecule has 1 aromatic heterocycles. The number of anilines is 3. The van der Waals surface area contributed by atoms with E-state index < -0.39 is 0 Å². The first kappa shape index (κ1) is 34.8. The fourth-order valence-electron chi connectivity index (χ4n) is 10.9. The van der Waals surface area contributed by atoms with E-state index in [1.165, 1.54) is 93.9 Å². The minimum atomic E-state index is -0.153. The molecule has 0 spiro atoms. The molecule has 0 atom stereocenters. The van der Waals surface area contributed by atoms with Gasteiger partial charge in [-0.3, -0.25) is 0 Å². The van der Waals surface area contributed by atoms with Crippen LogP contribution < -0.4 is 4.90 Å². The van der Waals surface area contributed by atoms with Crippen molar-refractivity contribution in [1.29, 1.82) is 0 Å². The van der Waals surface area contributed by atoms with Gasteiger partial charge in [0.1, 0.15) is 0 Å². The normalized spacial score (nSPS) is 14.3. The number of para-hydroxylation sites is 2. The number of hydrogen-bond donors (Lipinski definition) is 0. The van der Waals surface area contributed by atoms with E-state index >= 15 is 0 Å². The Labute approximate surface area is 351 Å². The van der Waals surface area contributed by atoms with Crippen molar-refractivity contribution in [1.82, 2.24) is 4.57 Å². The molecule has 2 heteroatoms. The van der Waals surface area contributed by atoms with Crippen molar-refractivity contribution in [3.8, 4) is 39.1 Å². The Balaban J connectivity index is 1.20. The van der Waals surface area contributed by atoms with Gasteiger partial charge in [0.2, 0.25) is 0 Å². The summed E-state index contributed by atoms with van der Waals surface area (Å²) in [7, 11) is 0. The lowest BCUT2D eigenvalue weighted by molar-refractivity contribution is 0.660. The van der Waals surface area contributed by atoms with Crippen molar-refractivity contribution in [3.05, 3.63) is 216 Å². The van der Waals surface area contributed by atoms with Gasteiger partial charge in [-0.1, -0.05) is 173 Å². The van der Waals surface area contributed by atoms with Gasteiger partial charge in [0.05, 0.1) is 16.7 Å². The first-order valence-corrected chi connectivity index (χ1v) is 21.2.